The van der Waals surface area contributed by atoms with Gasteiger partial charge in [0, 0.05) is 5.56 Å². The Balaban J connectivity index is 3.49. The van der Waals surface area contributed by atoms with Crippen LogP contribution in [-0.4, -0.2) is 19.4 Å². The maximum atomic E-state index is 12.8. The molecule has 100 valence electrons. The number of nitrogens with zero attached hydrogens (tertiary/aromatic N) is 1. The van der Waals surface area contributed by atoms with Gasteiger partial charge in [0.15, 0.2) is 6.29 Å². The molecular formula is C12H8F3NO3. The molecule has 0 amide bonds. The number of nitriles is 1. The number of carbonyl (C=O) groups is 2. The Bertz CT molecular complexity index is 559. The lowest BCUT2D eigenvalue weighted by atomic mass is 9.96. The number of esters is 1. The van der Waals surface area contributed by atoms with Crippen LogP contribution >= 0.6 is 0 Å². The summed E-state index contributed by atoms with van der Waals surface area (Å²) in [4.78, 5) is 21.9. The highest BCUT2D eigenvalue weighted by Crippen LogP contribution is 2.33. The first-order valence-corrected chi connectivity index (χ1v) is 4.99. The number of aldehydes is 1. The fraction of sp³-hybridized carbons (Fsp3) is 0.250. The maximum Gasteiger partial charge on any atom is 0.417 e. The van der Waals surface area contributed by atoms with Crippen molar-refractivity contribution in [1.82, 2.24) is 0 Å². The molecule has 0 heterocycles. The molecule has 0 bridgehead atoms. The summed E-state index contributed by atoms with van der Waals surface area (Å²) in [6.07, 6.45) is -5.28. The highest BCUT2D eigenvalue weighted by atomic mass is 19.4. The van der Waals surface area contributed by atoms with Crippen molar-refractivity contribution in [2.75, 3.05) is 7.11 Å². The second-order valence-corrected chi connectivity index (χ2v) is 3.58. The summed E-state index contributed by atoms with van der Waals surface area (Å²) in [5, 5.41) is 8.69. The molecule has 0 saturated carbocycles. The van der Waals surface area contributed by atoms with Crippen LogP contribution in [0.3, 0.4) is 0 Å². The van der Waals surface area contributed by atoms with Crippen LogP contribution in [0.2, 0.25) is 0 Å². The molecule has 0 aliphatic heterocycles. The summed E-state index contributed by atoms with van der Waals surface area (Å²) in [6.45, 7) is 0. The van der Waals surface area contributed by atoms with Crippen molar-refractivity contribution in [3.05, 3.63) is 34.4 Å². The van der Waals surface area contributed by atoms with Crippen molar-refractivity contribution in [2.45, 2.75) is 12.6 Å². The van der Waals surface area contributed by atoms with E-state index in [2.05, 4.69) is 4.74 Å². The van der Waals surface area contributed by atoms with E-state index in [-0.39, 0.29) is 17.4 Å². The molecule has 0 spiro atoms. The van der Waals surface area contributed by atoms with E-state index < -0.39 is 29.7 Å². The van der Waals surface area contributed by atoms with Crippen molar-refractivity contribution in [2.24, 2.45) is 0 Å². The fourth-order valence-electron chi connectivity index (χ4n) is 1.53. The third-order valence-corrected chi connectivity index (χ3v) is 2.38. The van der Waals surface area contributed by atoms with Gasteiger partial charge in [-0.2, -0.15) is 18.4 Å². The van der Waals surface area contributed by atoms with Crippen molar-refractivity contribution in [3.8, 4) is 6.07 Å². The monoisotopic (exact) mass is 271 g/mol. The second kappa shape index (κ2) is 5.52. The molecule has 0 fully saturated rings. The molecule has 1 aromatic rings. The van der Waals surface area contributed by atoms with Gasteiger partial charge in [-0.05, 0) is 17.7 Å². The van der Waals surface area contributed by atoms with E-state index >= 15 is 0 Å². The van der Waals surface area contributed by atoms with Gasteiger partial charge in [0.2, 0.25) is 0 Å². The van der Waals surface area contributed by atoms with Gasteiger partial charge in [-0.15, -0.1) is 0 Å². The molecule has 0 atom stereocenters. The van der Waals surface area contributed by atoms with Gasteiger partial charge < -0.3 is 4.74 Å². The molecule has 1 rings (SSSR count). The summed E-state index contributed by atoms with van der Waals surface area (Å²) < 4.78 is 42.6. The lowest BCUT2D eigenvalue weighted by Gasteiger charge is -2.13. The first-order valence-electron chi connectivity index (χ1n) is 4.99. The lowest BCUT2D eigenvalue weighted by Crippen LogP contribution is -2.14. The summed E-state index contributed by atoms with van der Waals surface area (Å²) in [7, 11) is 1.07. The first kappa shape index (κ1) is 14.7. The van der Waals surface area contributed by atoms with Gasteiger partial charge in [0.05, 0.1) is 30.7 Å². The Morgan fingerprint density at radius 2 is 2.11 bits per heavy atom. The van der Waals surface area contributed by atoms with Crippen LogP contribution in [0.5, 0.6) is 0 Å². The molecule has 19 heavy (non-hydrogen) atoms. The van der Waals surface area contributed by atoms with Crippen LogP contribution < -0.4 is 0 Å². The van der Waals surface area contributed by atoms with Crippen LogP contribution in [0.4, 0.5) is 13.2 Å². The minimum absolute atomic E-state index is 0.0161. The molecule has 0 aromatic heterocycles. The summed E-state index contributed by atoms with van der Waals surface area (Å²) in [5.41, 5.74) is -2.36. The zero-order valence-electron chi connectivity index (χ0n) is 9.75. The highest BCUT2D eigenvalue weighted by Gasteiger charge is 2.35. The van der Waals surface area contributed by atoms with Crippen molar-refractivity contribution < 1.29 is 27.5 Å². The predicted octanol–water partition coefficient (Wildman–Crippen LogP) is 2.11. The molecule has 4 nitrogen and oxygen atoms in total. The number of carbonyl (C=O) groups excluding carboxylic acids is 2. The highest BCUT2D eigenvalue weighted by molar-refractivity contribution is 5.84. The Labute approximate surface area is 106 Å². The quantitative estimate of drug-likeness (QED) is 0.623. The van der Waals surface area contributed by atoms with Gasteiger partial charge in [-0.3, -0.25) is 9.59 Å². The van der Waals surface area contributed by atoms with Crippen molar-refractivity contribution >= 4 is 12.3 Å². The number of alkyl halides is 3. The van der Waals surface area contributed by atoms with E-state index in [1.54, 1.807) is 6.07 Å². The van der Waals surface area contributed by atoms with Crippen LogP contribution in [0, 0.1) is 11.3 Å². The molecule has 1 aromatic carbocycles. The molecule has 0 radical (unpaired) electrons. The van der Waals surface area contributed by atoms with Gasteiger partial charge in [-0.1, -0.05) is 0 Å². The fourth-order valence-corrected chi connectivity index (χ4v) is 1.53. The average molecular weight is 271 g/mol. The Morgan fingerprint density at radius 3 is 2.53 bits per heavy atom. The number of hydrogen-bond acceptors (Lipinski definition) is 4. The Morgan fingerprint density at radius 1 is 1.47 bits per heavy atom. The lowest BCUT2D eigenvalue weighted by molar-refractivity contribution is -0.140. The average Bonchev–Trinajstić information content (AvgIpc) is 2.36. The molecule has 0 N–H and O–H groups in total. The normalized spacial score (nSPS) is 10.7. The third-order valence-electron chi connectivity index (χ3n) is 2.38. The molecular weight excluding hydrogens is 263 g/mol. The number of halogens is 3. The van der Waals surface area contributed by atoms with Gasteiger partial charge in [-0.25, -0.2) is 0 Å². The number of rotatable bonds is 3. The van der Waals surface area contributed by atoms with E-state index in [4.69, 9.17) is 5.26 Å². The number of methoxy groups -OCH3 is 1. The van der Waals surface area contributed by atoms with Gasteiger partial charge >= 0.3 is 12.1 Å². The van der Waals surface area contributed by atoms with E-state index in [0.29, 0.717) is 6.07 Å². The van der Waals surface area contributed by atoms with E-state index in [9.17, 15) is 22.8 Å². The first-order chi connectivity index (χ1) is 8.83. The number of ether oxygens (including phenoxy) is 1. The van der Waals surface area contributed by atoms with Crippen molar-refractivity contribution in [3.63, 3.8) is 0 Å². The van der Waals surface area contributed by atoms with E-state index in [1.165, 1.54) is 0 Å². The van der Waals surface area contributed by atoms with Crippen LogP contribution in [0.25, 0.3) is 0 Å². The molecule has 0 saturated heterocycles. The SMILES string of the molecule is COC(=O)Cc1cc(C#N)cc(C(F)(F)F)c1C=O. The largest absolute Gasteiger partial charge is 0.469 e. The Kier molecular flexibility index (Phi) is 4.27. The van der Waals surface area contributed by atoms with Crippen LogP contribution in [0.15, 0.2) is 12.1 Å². The van der Waals surface area contributed by atoms with E-state index in [0.717, 1.165) is 13.2 Å². The Hall–Kier alpha value is -2.36. The minimum atomic E-state index is -4.78. The predicted molar refractivity (Wildman–Crippen MR) is 57.3 cm³/mol. The summed E-state index contributed by atoms with van der Waals surface area (Å²) in [6, 6.07) is 3.19. The summed E-state index contributed by atoms with van der Waals surface area (Å²) in [5.74, 6) is -0.800. The molecule has 0 unspecified atom stereocenters. The summed E-state index contributed by atoms with van der Waals surface area (Å²) >= 11 is 0. The molecule has 7 heteroatoms. The van der Waals surface area contributed by atoms with Crippen LogP contribution in [-0.2, 0) is 22.1 Å². The maximum absolute atomic E-state index is 12.8. The number of benzene rings is 1. The van der Waals surface area contributed by atoms with Crippen molar-refractivity contribution in [1.29, 1.82) is 5.26 Å². The number of hydrogen-bond donors (Lipinski definition) is 0. The second-order valence-electron chi connectivity index (χ2n) is 3.58. The molecule has 0 aliphatic rings. The standard InChI is InChI=1S/C12H8F3NO3/c1-19-11(18)4-8-2-7(5-16)3-10(9(8)6-17)12(13,14)15/h2-3,6H,4H2,1H3. The zero-order valence-corrected chi connectivity index (χ0v) is 9.75. The molecule has 0 aliphatic carbocycles. The zero-order chi connectivity index (χ0) is 14.6. The third kappa shape index (κ3) is 3.31. The van der Waals surface area contributed by atoms with Gasteiger partial charge in [0.1, 0.15) is 0 Å². The topological polar surface area (TPSA) is 67.2 Å². The van der Waals surface area contributed by atoms with Crippen LogP contribution in [0.1, 0.15) is 27.0 Å². The van der Waals surface area contributed by atoms with Gasteiger partial charge in [0.25, 0.3) is 0 Å². The van der Waals surface area contributed by atoms with E-state index in [1.807, 2.05) is 0 Å². The smallest absolute Gasteiger partial charge is 0.417 e. The minimum Gasteiger partial charge on any atom is -0.469 e.